The molecule has 0 unspecified atom stereocenters. The summed E-state index contributed by atoms with van der Waals surface area (Å²) in [5, 5.41) is 10.6. The zero-order chi connectivity index (χ0) is 26.0. The van der Waals surface area contributed by atoms with Crippen LogP contribution in [0.1, 0.15) is 41.8 Å². The molecule has 0 fully saturated rings. The second-order valence-corrected chi connectivity index (χ2v) is 9.01. The lowest BCUT2D eigenvalue weighted by molar-refractivity contribution is -0.189. The van der Waals surface area contributed by atoms with Crippen LogP contribution in [0.25, 0.3) is 11.8 Å². The van der Waals surface area contributed by atoms with Crippen molar-refractivity contribution in [3.8, 4) is 11.4 Å². The summed E-state index contributed by atoms with van der Waals surface area (Å²) < 4.78 is 47.8. The molecular weight excluding hydrogens is 471 g/mol. The molecule has 1 amide bonds. The summed E-state index contributed by atoms with van der Waals surface area (Å²) >= 11 is 0. The van der Waals surface area contributed by atoms with E-state index in [4.69, 9.17) is 4.74 Å². The largest absolute Gasteiger partial charge is 0.495 e. The van der Waals surface area contributed by atoms with Crippen LogP contribution in [0.2, 0.25) is 0 Å². The number of hydrogen-bond donors (Lipinski definition) is 1. The molecule has 0 saturated carbocycles. The Morgan fingerprint density at radius 1 is 1.28 bits per heavy atom. The predicted octanol–water partition coefficient (Wildman–Crippen LogP) is 5.03. The number of imidazole rings is 1. The normalized spacial score (nSPS) is 17.7. The van der Waals surface area contributed by atoms with Crippen molar-refractivity contribution in [3.05, 3.63) is 82.9 Å². The highest BCUT2D eigenvalue weighted by Gasteiger charge is 2.47. The number of halogens is 3. The first-order chi connectivity index (χ1) is 17.1. The summed E-state index contributed by atoms with van der Waals surface area (Å²) in [5.74, 6) is -1.33. The zero-order valence-electron chi connectivity index (χ0n) is 20.3. The molecule has 9 heteroatoms. The molecule has 0 radical (unpaired) electrons. The molecule has 36 heavy (non-hydrogen) atoms. The number of benzene rings is 2. The van der Waals surface area contributed by atoms with Crippen LogP contribution in [0, 0.1) is 6.92 Å². The molecule has 1 aliphatic carbocycles. The number of aliphatic hydroxyl groups excluding tert-OH is 1. The lowest BCUT2D eigenvalue weighted by atomic mass is 10.0. The zero-order valence-corrected chi connectivity index (χ0v) is 20.3. The second kappa shape index (κ2) is 10.2. The average molecular weight is 500 g/mol. The molecule has 190 valence electrons. The fraction of sp³-hybridized carbons (Fsp3) is 0.333. The highest BCUT2D eigenvalue weighted by molar-refractivity contribution is 5.82. The number of carbonyl (C=O) groups excluding carboxylic acids is 1. The number of ether oxygens (including phenoxy) is 1. The van der Waals surface area contributed by atoms with Crippen molar-refractivity contribution in [3.63, 3.8) is 0 Å². The Morgan fingerprint density at radius 2 is 2.03 bits per heavy atom. The van der Waals surface area contributed by atoms with Gasteiger partial charge in [-0.2, -0.15) is 13.2 Å². The summed E-state index contributed by atoms with van der Waals surface area (Å²) in [5.41, 5.74) is 4.57. The van der Waals surface area contributed by atoms with E-state index in [0.717, 1.165) is 33.0 Å². The van der Waals surface area contributed by atoms with Crippen LogP contribution >= 0.6 is 0 Å². The third-order valence-electron chi connectivity index (χ3n) is 6.36. The minimum Gasteiger partial charge on any atom is -0.495 e. The van der Waals surface area contributed by atoms with Crippen molar-refractivity contribution in [1.29, 1.82) is 0 Å². The van der Waals surface area contributed by atoms with Gasteiger partial charge in [-0.1, -0.05) is 42.0 Å². The molecule has 3 aromatic rings. The number of aryl methyl sites for hydroxylation is 1. The smallest absolute Gasteiger partial charge is 0.471 e. The third kappa shape index (κ3) is 5.31. The van der Waals surface area contributed by atoms with Gasteiger partial charge >= 0.3 is 12.1 Å². The Bertz CT molecular complexity index is 1280. The van der Waals surface area contributed by atoms with Crippen LogP contribution in [0.4, 0.5) is 13.2 Å². The Kier molecular flexibility index (Phi) is 7.21. The highest BCUT2D eigenvalue weighted by atomic mass is 19.4. The van der Waals surface area contributed by atoms with Crippen molar-refractivity contribution >= 4 is 12.0 Å². The molecule has 2 atom stereocenters. The first kappa shape index (κ1) is 25.5. The quantitative estimate of drug-likeness (QED) is 0.495. The van der Waals surface area contributed by atoms with E-state index in [-0.39, 0.29) is 19.4 Å². The van der Waals surface area contributed by atoms with Gasteiger partial charge in [-0.05, 0) is 49.1 Å². The van der Waals surface area contributed by atoms with Gasteiger partial charge in [0.25, 0.3) is 0 Å². The van der Waals surface area contributed by atoms with Crippen LogP contribution in [0.3, 0.4) is 0 Å². The Morgan fingerprint density at radius 3 is 2.69 bits per heavy atom. The fourth-order valence-electron chi connectivity index (χ4n) is 4.66. The van der Waals surface area contributed by atoms with Gasteiger partial charge in [0.1, 0.15) is 5.75 Å². The fourth-order valence-corrected chi connectivity index (χ4v) is 4.66. The number of aliphatic hydroxyl groups is 1. The monoisotopic (exact) mass is 499 g/mol. The van der Waals surface area contributed by atoms with Crippen LogP contribution < -0.4 is 4.74 Å². The maximum Gasteiger partial charge on any atom is 0.471 e. The van der Waals surface area contributed by atoms with Crippen molar-refractivity contribution in [2.24, 2.45) is 0 Å². The number of rotatable bonds is 7. The minimum absolute atomic E-state index is 0.180. The minimum atomic E-state index is -5.04. The molecule has 1 aliphatic rings. The lowest BCUT2D eigenvalue weighted by Crippen LogP contribution is -2.46. The van der Waals surface area contributed by atoms with E-state index >= 15 is 0 Å². The van der Waals surface area contributed by atoms with Crippen molar-refractivity contribution < 1.29 is 27.8 Å². The molecule has 6 nitrogen and oxygen atoms in total. The van der Waals surface area contributed by atoms with Crippen LogP contribution in [0.5, 0.6) is 5.75 Å². The predicted molar refractivity (Wildman–Crippen MR) is 130 cm³/mol. The Hall–Kier alpha value is -3.59. The van der Waals surface area contributed by atoms with Crippen LogP contribution in [-0.2, 0) is 11.2 Å². The number of aromatic nitrogens is 2. The maximum absolute atomic E-state index is 13.5. The summed E-state index contributed by atoms with van der Waals surface area (Å²) in [6.45, 7) is 3.51. The lowest BCUT2D eigenvalue weighted by Gasteiger charge is -2.32. The summed E-state index contributed by atoms with van der Waals surface area (Å²) in [6.07, 6.45) is -0.305. The van der Waals surface area contributed by atoms with Crippen molar-refractivity contribution in [2.45, 2.75) is 45.0 Å². The number of fused-ring (bicyclic) bond motifs is 1. The molecule has 2 aromatic carbocycles. The molecule has 0 aliphatic heterocycles. The molecule has 4 rings (SSSR count). The molecular formula is C27H28F3N3O3. The average Bonchev–Trinajstić information content (AvgIpc) is 3.41. The standard InChI is InChI=1S/C27H28F3N3O3/c1-17(12-19-8-9-22(24(13-19)36-3)32-15-18(2)31-16-32)10-11-33(26(35)27(28,29)30)25-21-7-5-4-6-20(21)14-23(25)34/h4-9,12-13,15-16,23,25,34H,10-11,14H2,1-3H3/b17-12+/t23-,25+/m0/s1. The van der Waals surface area contributed by atoms with Gasteiger partial charge < -0.3 is 19.3 Å². The summed E-state index contributed by atoms with van der Waals surface area (Å²) in [6, 6.07) is 11.5. The first-order valence-corrected chi connectivity index (χ1v) is 11.6. The van der Waals surface area contributed by atoms with Crippen LogP contribution in [0.15, 0.2) is 60.6 Å². The van der Waals surface area contributed by atoms with E-state index in [1.54, 1.807) is 44.6 Å². The van der Waals surface area contributed by atoms with E-state index in [2.05, 4.69) is 4.98 Å². The van der Waals surface area contributed by atoms with E-state index in [1.165, 1.54) is 0 Å². The molecule has 0 bridgehead atoms. The Labute approximate surface area is 207 Å². The maximum atomic E-state index is 13.5. The van der Waals surface area contributed by atoms with Gasteiger partial charge in [0.15, 0.2) is 0 Å². The van der Waals surface area contributed by atoms with Gasteiger partial charge in [-0.25, -0.2) is 4.98 Å². The second-order valence-electron chi connectivity index (χ2n) is 9.01. The van der Waals surface area contributed by atoms with E-state index in [1.807, 2.05) is 42.0 Å². The Balaban J connectivity index is 1.56. The molecule has 1 heterocycles. The SMILES string of the molecule is COc1cc(/C=C(\C)CCN(C(=O)C(F)(F)F)[C@@H]2c3ccccc3C[C@@H]2O)ccc1-n1cnc(C)c1. The van der Waals surface area contributed by atoms with Gasteiger partial charge in [0, 0.05) is 19.2 Å². The van der Waals surface area contributed by atoms with E-state index < -0.39 is 24.2 Å². The van der Waals surface area contributed by atoms with E-state index in [0.29, 0.717) is 11.3 Å². The van der Waals surface area contributed by atoms with Crippen LogP contribution in [-0.4, -0.2) is 51.4 Å². The van der Waals surface area contributed by atoms with Crippen molar-refractivity contribution in [2.75, 3.05) is 13.7 Å². The third-order valence-corrected chi connectivity index (χ3v) is 6.36. The number of hydrogen-bond acceptors (Lipinski definition) is 4. The molecule has 0 spiro atoms. The first-order valence-electron chi connectivity index (χ1n) is 11.6. The molecule has 0 saturated heterocycles. The number of alkyl halides is 3. The molecule has 1 N–H and O–H groups in total. The number of nitrogens with zero attached hydrogens (tertiary/aromatic N) is 3. The topological polar surface area (TPSA) is 67.6 Å². The highest BCUT2D eigenvalue weighted by Crippen LogP contribution is 2.38. The summed E-state index contributed by atoms with van der Waals surface area (Å²) in [4.78, 5) is 17.4. The number of amides is 1. The number of methoxy groups -OCH3 is 1. The van der Waals surface area contributed by atoms with Crippen molar-refractivity contribution in [1.82, 2.24) is 14.5 Å². The van der Waals surface area contributed by atoms with Gasteiger partial charge in [0.05, 0.1) is 37.0 Å². The van der Waals surface area contributed by atoms with Gasteiger partial charge in [-0.3, -0.25) is 4.79 Å². The summed E-state index contributed by atoms with van der Waals surface area (Å²) in [7, 11) is 1.56. The van der Waals surface area contributed by atoms with Gasteiger partial charge in [0.2, 0.25) is 0 Å². The molecule has 1 aromatic heterocycles. The van der Waals surface area contributed by atoms with Gasteiger partial charge in [-0.15, -0.1) is 0 Å². The van der Waals surface area contributed by atoms with E-state index in [9.17, 15) is 23.1 Å². The number of carbonyl (C=O) groups is 1.